The van der Waals surface area contributed by atoms with Crippen LogP contribution >= 0.6 is 56.6 Å². The predicted molar refractivity (Wildman–Crippen MR) is 307 cm³/mol. The molecule has 1 aromatic heterocycles. The third-order valence-electron chi connectivity index (χ3n) is 10.2. The van der Waals surface area contributed by atoms with E-state index in [2.05, 4.69) is 74.5 Å². The van der Waals surface area contributed by atoms with E-state index < -0.39 is 39.6 Å². The van der Waals surface area contributed by atoms with Gasteiger partial charge in [0.25, 0.3) is 11.8 Å². The minimum atomic E-state index is -1.02. The molecule has 1 heterocycles. The van der Waals surface area contributed by atoms with Crippen LogP contribution < -0.4 is 21.3 Å². The van der Waals surface area contributed by atoms with E-state index in [-0.39, 0.29) is 50.6 Å². The van der Waals surface area contributed by atoms with Crippen molar-refractivity contribution >= 4 is 103 Å². The number of nitrogens with zero attached hydrogens (tertiary/aromatic N) is 1. The van der Waals surface area contributed by atoms with Crippen LogP contribution in [0.25, 0.3) is 0 Å². The van der Waals surface area contributed by atoms with E-state index in [0.29, 0.717) is 40.4 Å². The Kier molecular flexibility index (Phi) is 28.1. The van der Waals surface area contributed by atoms with Gasteiger partial charge in [0.15, 0.2) is 0 Å². The molecule has 0 bridgehead atoms. The van der Waals surface area contributed by atoms with Crippen LogP contribution in [0.1, 0.15) is 68.8 Å². The van der Waals surface area contributed by atoms with Gasteiger partial charge in [0.05, 0.1) is 35.8 Å². The Morgan fingerprint density at radius 1 is 0.571 bits per heavy atom. The molecule has 6 aromatic rings. The van der Waals surface area contributed by atoms with Crippen LogP contribution in [0, 0.1) is 24.7 Å². The van der Waals surface area contributed by atoms with E-state index in [1.807, 2.05) is 86.6 Å². The largest absolute Gasteiger partial charge is 0.449 e. The summed E-state index contributed by atoms with van der Waals surface area (Å²) in [6.07, 6.45) is 11.3. The number of aromatic nitrogens is 1. The van der Waals surface area contributed by atoms with Crippen molar-refractivity contribution in [1.29, 1.82) is 0 Å². The van der Waals surface area contributed by atoms with Gasteiger partial charge in [-0.1, -0.05) is 134 Å². The summed E-state index contributed by atoms with van der Waals surface area (Å²) in [6, 6.07) is 45.7. The number of ether oxygens (including phenoxy) is 4. The molecule has 0 unspecified atom stereocenters. The number of terminal acetylenes is 2. The van der Waals surface area contributed by atoms with E-state index in [0.717, 1.165) is 21.7 Å². The third-order valence-corrected chi connectivity index (χ3v) is 14.2. The number of anilines is 2. The molecule has 20 heteroatoms. The average molecular weight is 1140 g/mol. The quantitative estimate of drug-likeness (QED) is 0.0118. The minimum absolute atomic E-state index is 0.0542. The van der Waals surface area contributed by atoms with E-state index in [1.165, 1.54) is 58.0 Å². The fourth-order valence-electron chi connectivity index (χ4n) is 6.86. The van der Waals surface area contributed by atoms with Crippen LogP contribution in [-0.4, -0.2) is 77.7 Å². The highest BCUT2D eigenvalue weighted by molar-refractivity contribution is 8.76. The first-order valence-corrected chi connectivity index (χ1v) is 27.7. The lowest BCUT2D eigenvalue weighted by atomic mass is 9.84. The van der Waals surface area contributed by atoms with Crippen LogP contribution in [0.4, 0.5) is 30.6 Å². The molecule has 6 rings (SSSR count). The zero-order chi connectivity index (χ0) is 55.7. The number of hydrogen-bond acceptors (Lipinski definition) is 14. The van der Waals surface area contributed by atoms with Crippen LogP contribution in [-0.2, 0) is 36.9 Å². The van der Waals surface area contributed by atoms with E-state index in [1.54, 1.807) is 18.0 Å². The van der Waals surface area contributed by atoms with Crippen molar-refractivity contribution in [2.75, 3.05) is 48.4 Å². The van der Waals surface area contributed by atoms with Gasteiger partial charge < -0.3 is 29.6 Å². The molecule has 77 heavy (non-hydrogen) atoms. The fourth-order valence-corrected chi connectivity index (χ4v) is 10.2. The smallest absolute Gasteiger partial charge is 0.411 e. The summed E-state index contributed by atoms with van der Waals surface area (Å²) in [5.41, 5.74) is 3.33. The molecule has 4 N–H and O–H groups in total. The van der Waals surface area contributed by atoms with Crippen molar-refractivity contribution in [2.45, 2.75) is 43.3 Å². The van der Waals surface area contributed by atoms with Crippen molar-refractivity contribution in [3.63, 3.8) is 0 Å². The lowest BCUT2D eigenvalue weighted by Gasteiger charge is -2.35. The zero-order valence-corrected chi connectivity index (χ0v) is 45.9. The Labute approximate surface area is 470 Å². The number of hydrogen-bond donors (Lipinski definition) is 4. The number of nitrogens with one attached hydrogen (secondary N) is 4. The third kappa shape index (κ3) is 21.2. The minimum Gasteiger partial charge on any atom is -0.449 e. The molecule has 0 aliphatic heterocycles. The van der Waals surface area contributed by atoms with Gasteiger partial charge in [-0.25, -0.2) is 24.2 Å². The zero-order valence-electron chi connectivity index (χ0n) is 42.0. The van der Waals surface area contributed by atoms with Gasteiger partial charge >= 0.3 is 23.0 Å². The van der Waals surface area contributed by atoms with Gasteiger partial charge in [0.1, 0.15) is 24.8 Å². The molecular formula is C57H55Cl2N5O10S3. The molecule has 15 nitrogen and oxygen atoms in total. The molecule has 0 spiro atoms. The monoisotopic (exact) mass is 1140 g/mol. The average Bonchev–Trinajstić information content (AvgIpc) is 3.46. The second-order valence-electron chi connectivity index (χ2n) is 15.1. The maximum Gasteiger partial charge on any atom is 0.411 e. The SMILES string of the molecule is C#CCNC(=O)c1ccc(NC(=O)OCCCSC(c2ccccc2)(c2ccccc2)c2ccccc2)c(COC(=O)Cl)c1.C#CCNC(=O)c1ccc(NC(=O)OCCSSc2ccccn2)c(COC(=O)Cl)c1.CC. The number of carbonyl (C=O) groups is 6. The first-order valence-electron chi connectivity index (χ1n) is 23.7. The lowest BCUT2D eigenvalue weighted by Crippen LogP contribution is -2.26. The normalized spacial score (nSPS) is 10.2. The molecule has 0 radical (unpaired) electrons. The van der Waals surface area contributed by atoms with Gasteiger partial charge in [0.2, 0.25) is 0 Å². The van der Waals surface area contributed by atoms with Crippen molar-refractivity contribution in [1.82, 2.24) is 15.6 Å². The number of benzene rings is 5. The number of thioether (sulfide) groups is 1. The molecule has 0 saturated heterocycles. The topological polar surface area (TPSA) is 200 Å². The molecular weight excluding hydrogens is 1080 g/mol. The van der Waals surface area contributed by atoms with Gasteiger partial charge in [-0.3, -0.25) is 20.2 Å². The van der Waals surface area contributed by atoms with Crippen LogP contribution in [0.5, 0.6) is 0 Å². The van der Waals surface area contributed by atoms with E-state index in [4.69, 9.17) is 55.0 Å². The van der Waals surface area contributed by atoms with E-state index in [9.17, 15) is 28.8 Å². The highest BCUT2D eigenvalue weighted by Gasteiger charge is 2.36. The van der Waals surface area contributed by atoms with Crippen molar-refractivity contribution in [2.24, 2.45) is 0 Å². The van der Waals surface area contributed by atoms with Gasteiger partial charge in [0, 0.05) is 57.4 Å². The number of pyridine rings is 1. The first-order chi connectivity index (χ1) is 37.4. The van der Waals surface area contributed by atoms with Gasteiger partial charge in [-0.2, -0.15) is 0 Å². The van der Waals surface area contributed by atoms with Gasteiger partial charge in [-0.15, -0.1) is 24.6 Å². The Hall–Kier alpha value is -7.58. The Morgan fingerprint density at radius 2 is 1.01 bits per heavy atom. The molecule has 4 amide bonds. The second-order valence-corrected chi connectivity index (χ2v) is 19.5. The maximum absolute atomic E-state index is 12.7. The fraction of sp³-hybridized carbons (Fsp3) is 0.211. The molecule has 0 saturated carbocycles. The molecule has 5 aromatic carbocycles. The Morgan fingerprint density at radius 3 is 1.43 bits per heavy atom. The second kappa shape index (κ2) is 34.9. The predicted octanol–water partition coefficient (Wildman–Crippen LogP) is 12.9. The van der Waals surface area contributed by atoms with Crippen molar-refractivity contribution in [3.8, 4) is 24.7 Å². The Balaban J connectivity index is 0.000000341. The number of carbonyl (C=O) groups excluding carboxylic acids is 6. The summed E-state index contributed by atoms with van der Waals surface area (Å²) in [7, 11) is 2.98. The standard InChI is InChI=1S/C35H31ClN2O5S.C20H18ClN3O5S2.C2H6/c1-2-21-37-32(39)26-19-20-31(27(24-26)25-43-33(36)40)38-34(41)42-22-12-23-44-35(28-13-6-3-7-14-28,29-15-8-4-9-16-29)30-17-10-5-11-18-30;1-2-8-23-18(25)14-6-7-16(15(12-14)13-29-19(21)26)24-20(27)28-10-11-30-31-17-5-3-4-9-22-17;1-2/h1,3-11,13-20,24H,12,21-23,25H2,(H,37,39)(H,38,41);1,3-7,9,12H,8,10-11,13H2,(H,23,25)(H,24,27);1-2H3. The summed E-state index contributed by atoms with van der Waals surface area (Å²) in [5.74, 6) is 5.06. The van der Waals surface area contributed by atoms with Crippen molar-refractivity contribution in [3.05, 3.63) is 191 Å². The number of rotatable bonds is 23. The number of amides is 4. The van der Waals surface area contributed by atoms with E-state index >= 15 is 0 Å². The van der Waals surface area contributed by atoms with Crippen LogP contribution in [0.2, 0.25) is 0 Å². The maximum atomic E-state index is 12.7. The molecule has 0 atom stereocenters. The summed E-state index contributed by atoms with van der Waals surface area (Å²) in [5, 5.41) is 11.2. The summed E-state index contributed by atoms with van der Waals surface area (Å²) >= 11 is 12.3. The van der Waals surface area contributed by atoms with Crippen LogP contribution in [0.15, 0.2) is 157 Å². The molecule has 0 aliphatic rings. The molecule has 0 aliphatic carbocycles. The van der Waals surface area contributed by atoms with Crippen molar-refractivity contribution < 1.29 is 47.7 Å². The first kappa shape index (κ1) is 62.0. The molecule has 400 valence electrons. The van der Waals surface area contributed by atoms with Crippen LogP contribution in [0.3, 0.4) is 0 Å². The lowest BCUT2D eigenvalue weighted by molar-refractivity contribution is 0.0950. The highest BCUT2D eigenvalue weighted by atomic mass is 35.5. The Bertz CT molecular complexity index is 2840. The summed E-state index contributed by atoms with van der Waals surface area (Å²) < 4.78 is 19.9. The number of halogens is 2. The summed E-state index contributed by atoms with van der Waals surface area (Å²) in [4.78, 5) is 75.5. The highest BCUT2D eigenvalue weighted by Crippen LogP contribution is 2.48. The summed E-state index contributed by atoms with van der Waals surface area (Å²) in [6.45, 7) is 3.96. The van der Waals surface area contributed by atoms with Gasteiger partial charge in [-0.05, 0) is 88.2 Å². The molecule has 0 fully saturated rings.